The number of hydrogen-bond acceptors (Lipinski definition) is 5. The first-order valence-corrected chi connectivity index (χ1v) is 9.74. The minimum Gasteiger partial charge on any atom is -0.416 e. The van der Waals surface area contributed by atoms with Gasteiger partial charge in [-0.15, -0.1) is 10.2 Å². The number of halogens is 1. The number of fused-ring (bicyclic) bond motifs is 1. The zero-order chi connectivity index (χ0) is 20.4. The largest absolute Gasteiger partial charge is 0.416 e. The fourth-order valence-electron chi connectivity index (χ4n) is 3.32. The summed E-state index contributed by atoms with van der Waals surface area (Å²) in [5.41, 5.74) is 1.91. The summed E-state index contributed by atoms with van der Waals surface area (Å²) in [6.45, 7) is 4.77. The molecule has 0 saturated carbocycles. The molecule has 0 unspecified atom stereocenters. The molecule has 29 heavy (non-hydrogen) atoms. The zero-order valence-corrected chi connectivity index (χ0v) is 16.4. The Morgan fingerprint density at radius 2 is 1.66 bits per heavy atom. The molecule has 2 heterocycles. The molecule has 0 N–H and O–H groups in total. The van der Waals surface area contributed by atoms with Crippen LogP contribution in [0.25, 0.3) is 33.8 Å². The molecule has 6 nitrogen and oxygen atoms in total. The van der Waals surface area contributed by atoms with Crippen LogP contribution < -0.4 is 5.56 Å². The summed E-state index contributed by atoms with van der Waals surface area (Å²) < 4.78 is 20.6. The van der Waals surface area contributed by atoms with Crippen molar-refractivity contribution in [2.24, 2.45) is 0 Å². The lowest BCUT2D eigenvalue weighted by Crippen LogP contribution is -2.25. The molecule has 7 heteroatoms. The van der Waals surface area contributed by atoms with Crippen molar-refractivity contribution in [3.05, 3.63) is 64.5 Å². The maximum absolute atomic E-state index is 13.1. The van der Waals surface area contributed by atoms with E-state index in [0.29, 0.717) is 40.4 Å². The number of aryl methyl sites for hydroxylation is 1. The molecule has 0 fully saturated rings. The van der Waals surface area contributed by atoms with Crippen LogP contribution in [-0.4, -0.2) is 19.7 Å². The molecule has 0 aliphatic rings. The van der Waals surface area contributed by atoms with Gasteiger partial charge in [0.2, 0.25) is 11.8 Å². The molecular formula is C22H21FN4O2. The normalized spacial score (nSPS) is 11.3. The number of benzene rings is 2. The van der Waals surface area contributed by atoms with Gasteiger partial charge < -0.3 is 4.42 Å². The molecule has 2 aromatic carbocycles. The monoisotopic (exact) mass is 392 g/mol. The Bertz CT molecular complexity index is 1210. The van der Waals surface area contributed by atoms with Gasteiger partial charge in [0, 0.05) is 24.1 Å². The maximum atomic E-state index is 13.1. The fourth-order valence-corrected chi connectivity index (χ4v) is 3.32. The van der Waals surface area contributed by atoms with Crippen LogP contribution >= 0.6 is 0 Å². The quantitative estimate of drug-likeness (QED) is 0.479. The van der Waals surface area contributed by atoms with E-state index in [0.717, 1.165) is 25.1 Å². The molecule has 0 aliphatic carbocycles. The molecular weight excluding hydrogens is 371 g/mol. The van der Waals surface area contributed by atoms with Crippen LogP contribution in [0.2, 0.25) is 0 Å². The summed E-state index contributed by atoms with van der Waals surface area (Å²) in [6, 6.07) is 11.2. The number of nitrogens with zero attached hydrogens (tertiary/aromatic N) is 4. The van der Waals surface area contributed by atoms with E-state index in [1.165, 1.54) is 12.1 Å². The highest BCUT2D eigenvalue weighted by Gasteiger charge is 2.14. The van der Waals surface area contributed by atoms with Crippen LogP contribution in [0.3, 0.4) is 0 Å². The predicted octanol–water partition coefficient (Wildman–Crippen LogP) is 4.62. The number of aromatic nitrogens is 4. The first-order valence-electron chi connectivity index (χ1n) is 9.74. The Hall–Kier alpha value is -3.35. The van der Waals surface area contributed by atoms with Gasteiger partial charge in [-0.2, -0.15) is 0 Å². The maximum Gasteiger partial charge on any atom is 0.261 e. The molecule has 0 amide bonds. The van der Waals surface area contributed by atoms with Crippen molar-refractivity contribution < 1.29 is 8.81 Å². The fraction of sp³-hybridized carbons (Fsp3) is 0.273. The zero-order valence-electron chi connectivity index (χ0n) is 16.4. The Morgan fingerprint density at radius 3 is 2.34 bits per heavy atom. The Morgan fingerprint density at radius 1 is 0.966 bits per heavy atom. The van der Waals surface area contributed by atoms with Crippen molar-refractivity contribution in [3.63, 3.8) is 0 Å². The first-order chi connectivity index (χ1) is 14.1. The van der Waals surface area contributed by atoms with Crippen LogP contribution in [0.4, 0.5) is 4.39 Å². The van der Waals surface area contributed by atoms with Crippen molar-refractivity contribution in [1.29, 1.82) is 0 Å². The second-order valence-electron chi connectivity index (χ2n) is 6.89. The van der Waals surface area contributed by atoms with Crippen molar-refractivity contribution in [2.75, 3.05) is 0 Å². The van der Waals surface area contributed by atoms with Crippen LogP contribution in [-0.2, 0) is 13.0 Å². The van der Waals surface area contributed by atoms with Gasteiger partial charge in [0.05, 0.1) is 10.9 Å². The second kappa shape index (κ2) is 7.95. The molecule has 148 valence electrons. The third kappa shape index (κ3) is 3.68. The summed E-state index contributed by atoms with van der Waals surface area (Å²) in [6.07, 6.45) is 2.52. The lowest BCUT2D eigenvalue weighted by molar-refractivity contribution is 0.583. The van der Waals surface area contributed by atoms with Gasteiger partial charge in [0.25, 0.3) is 5.56 Å². The minimum absolute atomic E-state index is 0.0237. The van der Waals surface area contributed by atoms with Crippen molar-refractivity contribution in [2.45, 2.75) is 39.7 Å². The third-order valence-electron chi connectivity index (χ3n) is 4.72. The second-order valence-corrected chi connectivity index (χ2v) is 6.89. The minimum atomic E-state index is -0.328. The lowest BCUT2D eigenvalue weighted by atomic mass is 10.1. The molecule has 0 spiro atoms. The van der Waals surface area contributed by atoms with Crippen LogP contribution in [0.1, 0.15) is 32.5 Å². The molecule has 0 saturated heterocycles. The average Bonchev–Trinajstić information content (AvgIpc) is 3.21. The highest BCUT2D eigenvalue weighted by atomic mass is 19.1. The smallest absolute Gasteiger partial charge is 0.261 e. The topological polar surface area (TPSA) is 73.8 Å². The van der Waals surface area contributed by atoms with Gasteiger partial charge in [0.1, 0.15) is 11.6 Å². The van der Waals surface area contributed by atoms with E-state index in [1.807, 2.05) is 6.92 Å². The van der Waals surface area contributed by atoms with Crippen LogP contribution in [0.15, 0.2) is 51.7 Å². The van der Waals surface area contributed by atoms with E-state index in [9.17, 15) is 9.18 Å². The van der Waals surface area contributed by atoms with E-state index in [4.69, 9.17) is 9.40 Å². The van der Waals surface area contributed by atoms with Gasteiger partial charge in [-0.1, -0.05) is 13.8 Å². The Kier molecular flexibility index (Phi) is 5.20. The molecule has 0 radical (unpaired) electrons. The van der Waals surface area contributed by atoms with E-state index >= 15 is 0 Å². The van der Waals surface area contributed by atoms with E-state index < -0.39 is 0 Å². The molecule has 0 aliphatic heterocycles. The van der Waals surface area contributed by atoms with Gasteiger partial charge in [0.15, 0.2) is 0 Å². The molecule has 4 rings (SSSR count). The number of rotatable bonds is 6. The molecule has 0 bridgehead atoms. The summed E-state index contributed by atoms with van der Waals surface area (Å²) in [5.74, 6) is 1.09. The van der Waals surface area contributed by atoms with Crippen LogP contribution in [0.5, 0.6) is 0 Å². The van der Waals surface area contributed by atoms with Gasteiger partial charge in [-0.3, -0.25) is 9.36 Å². The van der Waals surface area contributed by atoms with Crippen LogP contribution in [0, 0.1) is 5.82 Å². The van der Waals surface area contributed by atoms with Gasteiger partial charge in [-0.25, -0.2) is 9.37 Å². The summed E-state index contributed by atoms with van der Waals surface area (Å²) in [4.78, 5) is 17.7. The number of hydrogen-bond donors (Lipinski definition) is 0. The van der Waals surface area contributed by atoms with Crippen molar-refractivity contribution in [3.8, 4) is 22.9 Å². The van der Waals surface area contributed by atoms with E-state index in [-0.39, 0.29) is 11.4 Å². The van der Waals surface area contributed by atoms with Gasteiger partial charge in [-0.05, 0) is 55.3 Å². The molecule has 2 aromatic heterocycles. The van der Waals surface area contributed by atoms with Crippen molar-refractivity contribution in [1.82, 2.24) is 19.7 Å². The Labute approximate surface area is 167 Å². The van der Waals surface area contributed by atoms with Crippen molar-refractivity contribution >= 4 is 10.9 Å². The first kappa shape index (κ1) is 19.0. The average molecular weight is 392 g/mol. The highest BCUT2D eigenvalue weighted by Crippen LogP contribution is 2.26. The summed E-state index contributed by atoms with van der Waals surface area (Å²) in [7, 11) is 0. The third-order valence-corrected chi connectivity index (χ3v) is 4.72. The SMILES string of the molecule is CCCc1nc2cc(-c3nnc(-c4ccc(F)cc4)o3)ccc2c(=O)n1CCC. The summed E-state index contributed by atoms with van der Waals surface area (Å²) >= 11 is 0. The highest BCUT2D eigenvalue weighted by molar-refractivity contribution is 5.82. The molecule has 0 atom stereocenters. The van der Waals surface area contributed by atoms with E-state index in [1.54, 1.807) is 34.9 Å². The van der Waals surface area contributed by atoms with E-state index in [2.05, 4.69) is 17.1 Å². The Balaban J connectivity index is 1.77. The predicted molar refractivity (Wildman–Crippen MR) is 109 cm³/mol. The lowest BCUT2D eigenvalue weighted by Gasteiger charge is -2.12. The standard InChI is InChI=1S/C22H21FN4O2/c1-3-5-19-24-18-13-15(8-11-17(18)22(28)27(19)12-4-2)21-26-25-20(29-21)14-6-9-16(23)10-7-14/h6-11,13H,3-5,12H2,1-2H3. The summed E-state index contributed by atoms with van der Waals surface area (Å²) in [5, 5.41) is 8.72. The van der Waals surface area contributed by atoms with Gasteiger partial charge >= 0.3 is 0 Å². The molecule has 4 aromatic rings.